The molecule has 1 unspecified atom stereocenters. The molecule has 0 spiro atoms. The van der Waals surface area contributed by atoms with Gasteiger partial charge in [0, 0.05) is 5.92 Å². The third kappa shape index (κ3) is 3.51. The first-order valence-corrected chi connectivity index (χ1v) is 6.07. The van der Waals surface area contributed by atoms with Crippen LogP contribution >= 0.6 is 0 Å². The van der Waals surface area contributed by atoms with Crippen LogP contribution in [0.2, 0.25) is 0 Å². The second-order valence-corrected chi connectivity index (χ2v) is 4.33. The van der Waals surface area contributed by atoms with Crippen molar-refractivity contribution in [1.82, 2.24) is 5.32 Å². The van der Waals surface area contributed by atoms with Crippen LogP contribution in [-0.4, -0.2) is 25.0 Å². The van der Waals surface area contributed by atoms with Gasteiger partial charge < -0.3 is 10.1 Å². The molecule has 1 fully saturated rings. The summed E-state index contributed by atoms with van der Waals surface area (Å²) >= 11 is 0. The fourth-order valence-electron chi connectivity index (χ4n) is 2.12. The van der Waals surface area contributed by atoms with Gasteiger partial charge in [-0.25, -0.2) is 4.79 Å². The first-order valence-electron chi connectivity index (χ1n) is 6.07. The van der Waals surface area contributed by atoms with Crippen LogP contribution < -0.4 is 5.32 Å². The van der Waals surface area contributed by atoms with Gasteiger partial charge in [0.15, 0.2) is 0 Å². The molecule has 1 rings (SSSR count). The Kier molecular flexibility index (Phi) is 5.29. The number of carbonyl (C=O) groups excluding carboxylic acids is 2. The van der Waals surface area contributed by atoms with Gasteiger partial charge in [-0.1, -0.05) is 26.2 Å². The van der Waals surface area contributed by atoms with E-state index in [4.69, 9.17) is 0 Å². The van der Waals surface area contributed by atoms with Crippen LogP contribution in [0.5, 0.6) is 0 Å². The largest absolute Gasteiger partial charge is 0.467 e. The van der Waals surface area contributed by atoms with E-state index in [1.807, 2.05) is 6.92 Å². The molecule has 0 bridgehead atoms. The van der Waals surface area contributed by atoms with E-state index in [1.54, 1.807) is 0 Å². The molecular weight excluding hydrogens is 206 g/mol. The Morgan fingerprint density at radius 3 is 2.44 bits per heavy atom. The SMILES string of the molecule is CCC(NC(=O)C1CCCCC1)C(=O)OC. The number of rotatable bonds is 4. The molecule has 0 heterocycles. The lowest BCUT2D eigenvalue weighted by Crippen LogP contribution is -2.44. The van der Waals surface area contributed by atoms with Gasteiger partial charge >= 0.3 is 5.97 Å². The Morgan fingerprint density at radius 2 is 1.94 bits per heavy atom. The number of esters is 1. The van der Waals surface area contributed by atoms with E-state index >= 15 is 0 Å². The Labute approximate surface area is 96.7 Å². The molecule has 0 aromatic heterocycles. The molecule has 1 aliphatic carbocycles. The average molecular weight is 227 g/mol. The number of methoxy groups -OCH3 is 1. The lowest BCUT2D eigenvalue weighted by Gasteiger charge is -2.23. The molecule has 4 nitrogen and oxygen atoms in total. The standard InChI is InChI=1S/C12H21NO3/c1-3-10(12(15)16-2)13-11(14)9-7-5-4-6-8-9/h9-10H,3-8H2,1-2H3,(H,13,14). The molecule has 1 saturated carbocycles. The van der Waals surface area contributed by atoms with Gasteiger partial charge in [0.05, 0.1) is 7.11 Å². The summed E-state index contributed by atoms with van der Waals surface area (Å²) in [6, 6.07) is -0.487. The summed E-state index contributed by atoms with van der Waals surface area (Å²) in [5.41, 5.74) is 0. The highest BCUT2D eigenvalue weighted by molar-refractivity contribution is 5.85. The summed E-state index contributed by atoms with van der Waals surface area (Å²) < 4.78 is 4.64. The Balaban J connectivity index is 2.44. The molecule has 0 aromatic carbocycles. The minimum Gasteiger partial charge on any atom is -0.467 e. The van der Waals surface area contributed by atoms with Crippen LogP contribution in [0.15, 0.2) is 0 Å². The highest BCUT2D eigenvalue weighted by Gasteiger charge is 2.25. The number of hydrogen-bond acceptors (Lipinski definition) is 3. The number of nitrogens with one attached hydrogen (secondary N) is 1. The second-order valence-electron chi connectivity index (χ2n) is 4.33. The molecular formula is C12H21NO3. The normalized spacial score (nSPS) is 18.9. The molecule has 1 atom stereocenters. The number of amides is 1. The van der Waals surface area contributed by atoms with Crippen molar-refractivity contribution in [1.29, 1.82) is 0 Å². The molecule has 0 aliphatic heterocycles. The van der Waals surface area contributed by atoms with Gasteiger partial charge in [-0.05, 0) is 19.3 Å². The predicted molar refractivity (Wildman–Crippen MR) is 60.8 cm³/mol. The van der Waals surface area contributed by atoms with Crippen molar-refractivity contribution in [3.63, 3.8) is 0 Å². The van der Waals surface area contributed by atoms with Gasteiger partial charge in [-0.15, -0.1) is 0 Å². The molecule has 0 aromatic rings. The average Bonchev–Trinajstić information content (AvgIpc) is 2.35. The van der Waals surface area contributed by atoms with Gasteiger partial charge in [0.25, 0.3) is 0 Å². The van der Waals surface area contributed by atoms with Crippen molar-refractivity contribution in [3.8, 4) is 0 Å². The van der Waals surface area contributed by atoms with E-state index in [2.05, 4.69) is 10.1 Å². The van der Waals surface area contributed by atoms with Crippen LogP contribution in [0.25, 0.3) is 0 Å². The lowest BCUT2D eigenvalue weighted by atomic mass is 9.88. The van der Waals surface area contributed by atoms with E-state index in [-0.39, 0.29) is 17.8 Å². The zero-order valence-corrected chi connectivity index (χ0v) is 10.1. The van der Waals surface area contributed by atoms with Crippen LogP contribution in [0.1, 0.15) is 45.4 Å². The Hall–Kier alpha value is -1.06. The number of ether oxygens (including phenoxy) is 1. The van der Waals surface area contributed by atoms with E-state index < -0.39 is 6.04 Å². The third-order valence-electron chi connectivity index (χ3n) is 3.19. The minimum atomic E-state index is -0.487. The third-order valence-corrected chi connectivity index (χ3v) is 3.19. The zero-order chi connectivity index (χ0) is 12.0. The first-order chi connectivity index (χ1) is 7.69. The Morgan fingerprint density at radius 1 is 1.31 bits per heavy atom. The van der Waals surface area contributed by atoms with Crippen molar-refractivity contribution in [2.75, 3.05) is 7.11 Å². The fraction of sp³-hybridized carbons (Fsp3) is 0.833. The van der Waals surface area contributed by atoms with Gasteiger partial charge in [-0.3, -0.25) is 4.79 Å². The quantitative estimate of drug-likeness (QED) is 0.743. The van der Waals surface area contributed by atoms with Crippen LogP contribution in [0.3, 0.4) is 0 Å². The summed E-state index contributed by atoms with van der Waals surface area (Å²) in [6.45, 7) is 1.86. The molecule has 4 heteroatoms. The smallest absolute Gasteiger partial charge is 0.328 e. The van der Waals surface area contributed by atoms with E-state index in [0.717, 1.165) is 25.7 Å². The van der Waals surface area contributed by atoms with Gasteiger partial charge in [0.2, 0.25) is 5.91 Å². The monoisotopic (exact) mass is 227 g/mol. The van der Waals surface area contributed by atoms with E-state index in [1.165, 1.54) is 13.5 Å². The van der Waals surface area contributed by atoms with Crippen LogP contribution in [-0.2, 0) is 14.3 Å². The molecule has 16 heavy (non-hydrogen) atoms. The van der Waals surface area contributed by atoms with Crippen molar-refractivity contribution >= 4 is 11.9 Å². The van der Waals surface area contributed by atoms with Crippen LogP contribution in [0.4, 0.5) is 0 Å². The van der Waals surface area contributed by atoms with Gasteiger partial charge in [0.1, 0.15) is 6.04 Å². The lowest BCUT2D eigenvalue weighted by molar-refractivity contribution is -0.145. The van der Waals surface area contributed by atoms with Gasteiger partial charge in [-0.2, -0.15) is 0 Å². The number of hydrogen-bond donors (Lipinski definition) is 1. The summed E-state index contributed by atoms with van der Waals surface area (Å²) in [6.07, 6.45) is 5.93. The molecule has 0 radical (unpaired) electrons. The number of carbonyl (C=O) groups is 2. The van der Waals surface area contributed by atoms with E-state index in [9.17, 15) is 9.59 Å². The first kappa shape index (κ1) is 13.0. The highest BCUT2D eigenvalue weighted by Crippen LogP contribution is 2.23. The summed E-state index contributed by atoms with van der Waals surface area (Å²) in [5, 5.41) is 2.77. The zero-order valence-electron chi connectivity index (χ0n) is 10.1. The second kappa shape index (κ2) is 6.51. The van der Waals surface area contributed by atoms with Crippen LogP contribution in [0, 0.1) is 5.92 Å². The molecule has 1 aliphatic rings. The summed E-state index contributed by atoms with van der Waals surface area (Å²) in [4.78, 5) is 23.2. The molecule has 1 N–H and O–H groups in total. The van der Waals surface area contributed by atoms with Crippen molar-refractivity contribution in [3.05, 3.63) is 0 Å². The maximum atomic E-state index is 11.9. The van der Waals surface area contributed by atoms with E-state index in [0.29, 0.717) is 6.42 Å². The van der Waals surface area contributed by atoms with Crippen molar-refractivity contribution < 1.29 is 14.3 Å². The van der Waals surface area contributed by atoms with Crippen molar-refractivity contribution in [2.45, 2.75) is 51.5 Å². The molecule has 0 saturated heterocycles. The topological polar surface area (TPSA) is 55.4 Å². The molecule has 1 amide bonds. The summed E-state index contributed by atoms with van der Waals surface area (Å²) in [7, 11) is 1.34. The minimum absolute atomic E-state index is 0.0111. The predicted octanol–water partition coefficient (Wildman–Crippen LogP) is 1.63. The molecule has 92 valence electrons. The highest BCUT2D eigenvalue weighted by atomic mass is 16.5. The maximum Gasteiger partial charge on any atom is 0.328 e. The summed E-state index contributed by atoms with van der Waals surface area (Å²) in [5.74, 6) is -0.254. The van der Waals surface area contributed by atoms with Crippen molar-refractivity contribution in [2.24, 2.45) is 5.92 Å². The fourth-order valence-corrected chi connectivity index (χ4v) is 2.12. The maximum absolute atomic E-state index is 11.9. The Bertz CT molecular complexity index is 247.